The first-order valence-electron chi connectivity index (χ1n) is 7.39. The van der Waals surface area contributed by atoms with Gasteiger partial charge < -0.3 is 10.1 Å². The molecule has 4 heteroatoms. The molecule has 0 unspecified atom stereocenters. The molecule has 0 fully saturated rings. The van der Waals surface area contributed by atoms with Crippen molar-refractivity contribution in [3.63, 3.8) is 0 Å². The van der Waals surface area contributed by atoms with Gasteiger partial charge in [-0.15, -0.1) is 0 Å². The van der Waals surface area contributed by atoms with Gasteiger partial charge in [0.1, 0.15) is 0 Å². The van der Waals surface area contributed by atoms with E-state index in [-0.39, 0.29) is 11.9 Å². The van der Waals surface area contributed by atoms with E-state index < -0.39 is 0 Å². The van der Waals surface area contributed by atoms with Crippen LogP contribution in [-0.4, -0.2) is 19.0 Å². The zero-order valence-electron chi connectivity index (χ0n) is 13.2. The number of hydrogen-bond donors (Lipinski definition) is 1. The molecule has 0 aliphatic rings. The van der Waals surface area contributed by atoms with Crippen LogP contribution in [0.15, 0.2) is 54.6 Å². The molecule has 0 heterocycles. The van der Waals surface area contributed by atoms with Crippen molar-refractivity contribution in [2.75, 3.05) is 12.4 Å². The number of benzene rings is 2. The van der Waals surface area contributed by atoms with E-state index in [1.165, 1.54) is 13.2 Å². The van der Waals surface area contributed by atoms with Gasteiger partial charge in [-0.25, -0.2) is 4.79 Å². The van der Waals surface area contributed by atoms with Crippen LogP contribution in [0.4, 0.5) is 5.69 Å². The maximum Gasteiger partial charge on any atom is 0.337 e. The molecule has 118 valence electrons. The normalized spacial score (nSPS) is 10.5. The van der Waals surface area contributed by atoms with E-state index in [4.69, 9.17) is 0 Å². The summed E-state index contributed by atoms with van der Waals surface area (Å²) in [6.07, 6.45) is 4.03. The van der Waals surface area contributed by atoms with Crippen molar-refractivity contribution in [1.29, 1.82) is 0 Å². The van der Waals surface area contributed by atoms with Crippen molar-refractivity contribution in [3.05, 3.63) is 71.3 Å². The number of nitrogens with one attached hydrogen (secondary N) is 1. The van der Waals surface area contributed by atoms with Crippen molar-refractivity contribution in [2.45, 2.75) is 13.3 Å². The first-order chi connectivity index (χ1) is 11.1. The molecule has 4 nitrogen and oxygen atoms in total. The fourth-order valence-corrected chi connectivity index (χ4v) is 2.15. The molecule has 0 atom stereocenters. The van der Waals surface area contributed by atoms with Crippen molar-refractivity contribution < 1.29 is 14.3 Å². The van der Waals surface area contributed by atoms with Gasteiger partial charge in [-0.3, -0.25) is 4.79 Å². The molecule has 0 aliphatic heterocycles. The van der Waals surface area contributed by atoms with Crippen LogP contribution in [0.3, 0.4) is 0 Å². The van der Waals surface area contributed by atoms with Gasteiger partial charge in [-0.05, 0) is 41.8 Å². The highest BCUT2D eigenvalue weighted by atomic mass is 16.5. The number of carbonyl (C=O) groups excluding carboxylic acids is 2. The fraction of sp³-hybridized carbons (Fsp3) is 0.158. The summed E-state index contributed by atoms with van der Waals surface area (Å²) in [5, 5.41) is 2.87. The van der Waals surface area contributed by atoms with Crippen LogP contribution in [0.1, 0.15) is 28.4 Å². The molecule has 1 N–H and O–H groups in total. The molecular weight excluding hydrogens is 290 g/mol. The number of esters is 1. The van der Waals surface area contributed by atoms with E-state index in [9.17, 15) is 9.59 Å². The Balaban J connectivity index is 2.02. The lowest BCUT2D eigenvalue weighted by molar-refractivity contribution is -0.111. The summed E-state index contributed by atoms with van der Waals surface area (Å²) >= 11 is 0. The van der Waals surface area contributed by atoms with Crippen molar-refractivity contribution in [3.8, 4) is 0 Å². The van der Waals surface area contributed by atoms with E-state index >= 15 is 0 Å². The van der Waals surface area contributed by atoms with Crippen molar-refractivity contribution in [2.24, 2.45) is 0 Å². The van der Waals surface area contributed by atoms with Crippen LogP contribution in [0.5, 0.6) is 0 Å². The van der Waals surface area contributed by atoms with Crippen LogP contribution in [0.2, 0.25) is 0 Å². The van der Waals surface area contributed by atoms with Gasteiger partial charge in [-0.2, -0.15) is 0 Å². The van der Waals surface area contributed by atoms with Gasteiger partial charge in [0.25, 0.3) is 0 Å². The molecule has 0 saturated carbocycles. The number of amides is 1. The number of rotatable bonds is 5. The Morgan fingerprint density at radius 2 is 1.78 bits per heavy atom. The lowest BCUT2D eigenvalue weighted by atomic mass is 10.1. The van der Waals surface area contributed by atoms with Crippen LogP contribution < -0.4 is 5.32 Å². The molecule has 2 aromatic rings. The molecule has 1 amide bonds. The molecule has 0 spiro atoms. The molecule has 0 aliphatic carbocycles. The predicted octanol–water partition coefficient (Wildman–Crippen LogP) is 3.69. The summed E-state index contributed by atoms with van der Waals surface area (Å²) in [6, 6.07) is 14.6. The Kier molecular flexibility index (Phi) is 5.69. The smallest absolute Gasteiger partial charge is 0.337 e. The number of aryl methyl sites for hydroxylation is 1. The molecule has 2 aromatic carbocycles. The van der Waals surface area contributed by atoms with Crippen LogP contribution in [0, 0.1) is 0 Å². The average Bonchev–Trinajstić information content (AvgIpc) is 2.60. The van der Waals surface area contributed by atoms with Gasteiger partial charge in [-0.1, -0.05) is 37.3 Å². The monoisotopic (exact) mass is 309 g/mol. The number of anilines is 1. The van der Waals surface area contributed by atoms with Crippen molar-refractivity contribution in [1.82, 2.24) is 0 Å². The molecule has 2 rings (SSSR count). The van der Waals surface area contributed by atoms with E-state index in [0.29, 0.717) is 5.56 Å². The Bertz CT molecular complexity index is 718. The maximum atomic E-state index is 12.0. The third-order valence-corrected chi connectivity index (χ3v) is 3.42. The second kappa shape index (κ2) is 7.94. The number of hydrogen-bond acceptors (Lipinski definition) is 3. The maximum absolute atomic E-state index is 12.0. The predicted molar refractivity (Wildman–Crippen MR) is 91.3 cm³/mol. The van der Waals surface area contributed by atoms with Gasteiger partial charge >= 0.3 is 5.97 Å². The highest BCUT2D eigenvalue weighted by Gasteiger charge is 2.04. The second-order valence-corrected chi connectivity index (χ2v) is 4.95. The zero-order valence-corrected chi connectivity index (χ0v) is 13.2. The summed E-state index contributed by atoms with van der Waals surface area (Å²) < 4.78 is 4.64. The number of para-hydroxylation sites is 1. The van der Waals surface area contributed by atoms with Crippen LogP contribution in [-0.2, 0) is 16.0 Å². The fourth-order valence-electron chi connectivity index (χ4n) is 2.15. The SMILES string of the molecule is CCc1ccccc1NC(=O)/C=C/c1ccc(C(=O)OC)cc1. The average molecular weight is 309 g/mol. The van der Waals surface area contributed by atoms with Crippen LogP contribution in [0.25, 0.3) is 6.08 Å². The first-order valence-corrected chi connectivity index (χ1v) is 7.39. The molecule has 0 radical (unpaired) electrons. The van der Waals surface area contributed by atoms with E-state index in [1.807, 2.05) is 31.2 Å². The Hall–Kier alpha value is -2.88. The molecule has 23 heavy (non-hydrogen) atoms. The molecule has 0 saturated heterocycles. The van der Waals surface area contributed by atoms with Gasteiger partial charge in [0.2, 0.25) is 5.91 Å². The minimum Gasteiger partial charge on any atom is -0.465 e. The summed E-state index contributed by atoms with van der Waals surface area (Å²) in [5.41, 5.74) is 3.23. The molecule has 0 bridgehead atoms. The minimum absolute atomic E-state index is 0.192. The first kappa shape index (κ1) is 16.5. The number of methoxy groups -OCH3 is 1. The topological polar surface area (TPSA) is 55.4 Å². The Morgan fingerprint density at radius 3 is 2.43 bits per heavy atom. The summed E-state index contributed by atoms with van der Waals surface area (Å²) in [4.78, 5) is 23.4. The molecule has 0 aromatic heterocycles. The standard InChI is InChI=1S/C19H19NO3/c1-3-15-6-4-5-7-17(15)20-18(21)13-10-14-8-11-16(12-9-14)19(22)23-2/h4-13H,3H2,1-2H3,(H,20,21)/b13-10+. The van der Waals surface area contributed by atoms with E-state index in [2.05, 4.69) is 10.1 Å². The van der Waals surface area contributed by atoms with Gasteiger partial charge in [0, 0.05) is 11.8 Å². The van der Waals surface area contributed by atoms with Gasteiger partial charge in [0.05, 0.1) is 12.7 Å². The second-order valence-electron chi connectivity index (χ2n) is 4.95. The van der Waals surface area contributed by atoms with E-state index in [0.717, 1.165) is 23.2 Å². The highest BCUT2D eigenvalue weighted by Crippen LogP contribution is 2.15. The minimum atomic E-state index is -0.380. The summed E-state index contributed by atoms with van der Waals surface area (Å²) in [6.45, 7) is 2.05. The van der Waals surface area contributed by atoms with E-state index in [1.54, 1.807) is 30.3 Å². The number of carbonyl (C=O) groups is 2. The van der Waals surface area contributed by atoms with Gasteiger partial charge in [0.15, 0.2) is 0 Å². The third kappa shape index (κ3) is 4.54. The summed E-state index contributed by atoms with van der Waals surface area (Å²) in [7, 11) is 1.34. The van der Waals surface area contributed by atoms with Crippen LogP contribution >= 0.6 is 0 Å². The molecular formula is C19H19NO3. The quantitative estimate of drug-likeness (QED) is 0.677. The number of ether oxygens (including phenoxy) is 1. The third-order valence-electron chi connectivity index (χ3n) is 3.42. The Labute approximate surface area is 135 Å². The Morgan fingerprint density at radius 1 is 1.09 bits per heavy atom. The zero-order chi connectivity index (χ0) is 16.7. The van der Waals surface area contributed by atoms with Crippen molar-refractivity contribution >= 4 is 23.6 Å². The highest BCUT2D eigenvalue weighted by molar-refractivity contribution is 6.02. The lowest BCUT2D eigenvalue weighted by Crippen LogP contribution is -2.09. The largest absolute Gasteiger partial charge is 0.465 e. The summed E-state index contributed by atoms with van der Waals surface area (Å²) in [5.74, 6) is -0.572. The lowest BCUT2D eigenvalue weighted by Gasteiger charge is -2.07.